The van der Waals surface area contributed by atoms with Crippen LogP contribution >= 0.6 is 11.6 Å². The number of carbonyl (C=O) groups is 3. The van der Waals surface area contributed by atoms with Gasteiger partial charge < -0.3 is 10.6 Å². The first kappa shape index (κ1) is 20.1. The maximum absolute atomic E-state index is 12.9. The maximum atomic E-state index is 12.9. The zero-order chi connectivity index (χ0) is 20.5. The SMILES string of the molecule is CC(=O)C1C2C=CC(C2)C1C(=O)Nc1ccc(NC(=O)C2CCCCC2)c(Cl)c1. The Morgan fingerprint density at radius 2 is 1.62 bits per heavy atom. The van der Waals surface area contributed by atoms with Gasteiger partial charge in [-0.15, -0.1) is 0 Å². The van der Waals surface area contributed by atoms with Crippen molar-refractivity contribution in [3.63, 3.8) is 0 Å². The number of anilines is 2. The van der Waals surface area contributed by atoms with Crippen molar-refractivity contribution in [3.8, 4) is 0 Å². The van der Waals surface area contributed by atoms with Crippen LogP contribution < -0.4 is 10.6 Å². The van der Waals surface area contributed by atoms with Gasteiger partial charge in [-0.25, -0.2) is 0 Å². The van der Waals surface area contributed by atoms with Crippen LogP contribution in [0.1, 0.15) is 45.4 Å². The van der Waals surface area contributed by atoms with Gasteiger partial charge >= 0.3 is 0 Å². The van der Waals surface area contributed by atoms with E-state index < -0.39 is 0 Å². The molecule has 6 heteroatoms. The number of fused-ring (bicyclic) bond motifs is 2. The summed E-state index contributed by atoms with van der Waals surface area (Å²) in [5.74, 6) is -0.276. The lowest BCUT2D eigenvalue weighted by Crippen LogP contribution is -2.35. The quantitative estimate of drug-likeness (QED) is 0.678. The lowest BCUT2D eigenvalue weighted by molar-refractivity contribution is -0.130. The molecule has 0 spiro atoms. The van der Waals surface area contributed by atoms with Crippen LogP contribution in [0.25, 0.3) is 0 Å². The van der Waals surface area contributed by atoms with Gasteiger partial charge in [0, 0.05) is 17.5 Å². The molecule has 2 bridgehead atoms. The van der Waals surface area contributed by atoms with Crippen LogP contribution in [0.15, 0.2) is 30.4 Å². The molecule has 3 aliphatic carbocycles. The summed E-state index contributed by atoms with van der Waals surface area (Å²) in [6.07, 6.45) is 10.2. The number of ketones is 1. The largest absolute Gasteiger partial charge is 0.326 e. The van der Waals surface area contributed by atoms with E-state index in [2.05, 4.69) is 22.8 Å². The van der Waals surface area contributed by atoms with E-state index in [1.54, 1.807) is 25.1 Å². The standard InChI is InChI=1S/C23H27ClN2O3/c1-13(27)20-15-7-8-16(11-15)21(20)23(29)25-17-9-10-19(18(24)12-17)26-22(28)14-5-3-2-4-6-14/h7-10,12,14-16,20-21H,2-6,11H2,1H3,(H,25,29)(H,26,28). The van der Waals surface area contributed by atoms with Crippen molar-refractivity contribution in [2.24, 2.45) is 29.6 Å². The summed E-state index contributed by atoms with van der Waals surface area (Å²) in [4.78, 5) is 37.4. The summed E-state index contributed by atoms with van der Waals surface area (Å²) in [5, 5.41) is 6.23. The van der Waals surface area contributed by atoms with Crippen molar-refractivity contribution < 1.29 is 14.4 Å². The van der Waals surface area contributed by atoms with Gasteiger partial charge in [0.25, 0.3) is 0 Å². The Labute approximate surface area is 176 Å². The smallest absolute Gasteiger partial charge is 0.228 e. The normalized spacial score (nSPS) is 28.3. The highest BCUT2D eigenvalue weighted by Crippen LogP contribution is 2.48. The molecule has 1 aromatic rings. The molecular weight excluding hydrogens is 388 g/mol. The molecule has 2 fully saturated rings. The third kappa shape index (κ3) is 4.11. The minimum absolute atomic E-state index is 0.0152. The van der Waals surface area contributed by atoms with Gasteiger partial charge in [-0.3, -0.25) is 14.4 Å². The van der Waals surface area contributed by atoms with Gasteiger partial charge in [0.1, 0.15) is 5.78 Å². The van der Waals surface area contributed by atoms with Crippen LogP contribution in [0.4, 0.5) is 11.4 Å². The molecule has 4 rings (SSSR count). The predicted octanol–water partition coefficient (Wildman–Crippen LogP) is 4.82. The van der Waals surface area contributed by atoms with Gasteiger partial charge in [-0.05, 0) is 56.2 Å². The topological polar surface area (TPSA) is 75.3 Å². The third-order valence-electron chi connectivity index (χ3n) is 6.70. The van der Waals surface area contributed by atoms with Gasteiger partial charge in [0.15, 0.2) is 0 Å². The molecule has 2 amide bonds. The highest BCUT2D eigenvalue weighted by molar-refractivity contribution is 6.34. The predicted molar refractivity (Wildman–Crippen MR) is 114 cm³/mol. The maximum Gasteiger partial charge on any atom is 0.228 e. The summed E-state index contributed by atoms with van der Waals surface area (Å²) in [6, 6.07) is 5.12. The zero-order valence-corrected chi connectivity index (χ0v) is 17.4. The van der Waals surface area contributed by atoms with Crippen LogP contribution in [-0.2, 0) is 14.4 Å². The third-order valence-corrected chi connectivity index (χ3v) is 7.01. The van der Waals surface area contributed by atoms with E-state index in [4.69, 9.17) is 11.6 Å². The van der Waals surface area contributed by atoms with Gasteiger partial charge in [0.2, 0.25) is 11.8 Å². The van der Waals surface area contributed by atoms with Crippen molar-refractivity contribution in [1.82, 2.24) is 0 Å². The number of rotatable bonds is 5. The molecule has 0 heterocycles. The van der Waals surface area contributed by atoms with Crippen LogP contribution in [0, 0.1) is 29.6 Å². The van der Waals surface area contributed by atoms with E-state index in [0.717, 1.165) is 32.1 Å². The van der Waals surface area contributed by atoms with Gasteiger partial charge in [-0.2, -0.15) is 0 Å². The molecule has 1 aromatic carbocycles. The molecule has 154 valence electrons. The summed E-state index contributed by atoms with van der Waals surface area (Å²) >= 11 is 6.37. The molecule has 2 N–H and O–H groups in total. The Balaban J connectivity index is 1.41. The van der Waals surface area contributed by atoms with Gasteiger partial charge in [-0.1, -0.05) is 43.0 Å². The molecule has 0 aromatic heterocycles. The second kappa shape index (κ2) is 8.31. The van der Waals surface area contributed by atoms with Crippen molar-refractivity contribution in [2.75, 3.05) is 10.6 Å². The second-order valence-corrected chi connectivity index (χ2v) is 9.03. The minimum atomic E-state index is -0.327. The van der Waals surface area contributed by atoms with Crippen LogP contribution in [0.5, 0.6) is 0 Å². The molecule has 3 aliphatic rings. The number of hydrogen-bond donors (Lipinski definition) is 2. The number of benzene rings is 1. The first-order chi connectivity index (χ1) is 13.9. The highest BCUT2D eigenvalue weighted by Gasteiger charge is 2.50. The number of nitrogens with one attached hydrogen (secondary N) is 2. The Kier molecular flexibility index (Phi) is 5.77. The van der Waals surface area contributed by atoms with Crippen molar-refractivity contribution in [3.05, 3.63) is 35.4 Å². The van der Waals surface area contributed by atoms with Crippen LogP contribution in [0.2, 0.25) is 5.02 Å². The van der Waals surface area contributed by atoms with E-state index in [1.807, 2.05) is 0 Å². The fourth-order valence-corrected chi connectivity index (χ4v) is 5.48. The summed E-state index contributed by atoms with van der Waals surface area (Å²) in [5.41, 5.74) is 1.13. The number of Topliss-reactive ketones (excluding diaryl/α,β-unsaturated/α-hetero) is 1. The molecule has 0 saturated heterocycles. The second-order valence-electron chi connectivity index (χ2n) is 8.62. The minimum Gasteiger partial charge on any atom is -0.326 e. The Hall–Kier alpha value is -2.14. The van der Waals surface area contributed by atoms with E-state index in [9.17, 15) is 14.4 Å². The van der Waals surface area contributed by atoms with Crippen molar-refractivity contribution in [1.29, 1.82) is 0 Å². The molecule has 4 atom stereocenters. The first-order valence-corrected chi connectivity index (χ1v) is 10.9. The van der Waals surface area contributed by atoms with Crippen LogP contribution in [0.3, 0.4) is 0 Å². The summed E-state index contributed by atoms with van der Waals surface area (Å²) < 4.78 is 0. The van der Waals surface area contributed by atoms with Crippen LogP contribution in [-0.4, -0.2) is 17.6 Å². The number of halogens is 1. The van der Waals surface area contributed by atoms with Gasteiger partial charge in [0.05, 0.1) is 16.6 Å². The Bertz CT molecular complexity index is 860. The fourth-order valence-electron chi connectivity index (χ4n) is 5.25. The van der Waals surface area contributed by atoms with E-state index >= 15 is 0 Å². The number of hydrogen-bond acceptors (Lipinski definition) is 3. The average molecular weight is 415 g/mol. The number of allylic oxidation sites excluding steroid dienone is 2. The zero-order valence-electron chi connectivity index (χ0n) is 16.6. The van der Waals surface area contributed by atoms with E-state index in [1.165, 1.54) is 6.42 Å². The average Bonchev–Trinajstić information content (AvgIpc) is 3.32. The molecular formula is C23H27ClN2O3. The number of carbonyl (C=O) groups excluding carboxylic acids is 3. The van der Waals surface area contributed by atoms with E-state index in [-0.39, 0.29) is 47.2 Å². The monoisotopic (exact) mass is 414 g/mol. The summed E-state index contributed by atoms with van der Waals surface area (Å²) in [6.45, 7) is 1.57. The summed E-state index contributed by atoms with van der Waals surface area (Å²) in [7, 11) is 0. The van der Waals surface area contributed by atoms with E-state index in [0.29, 0.717) is 16.4 Å². The Morgan fingerprint density at radius 3 is 2.28 bits per heavy atom. The first-order valence-electron chi connectivity index (χ1n) is 10.5. The molecule has 2 saturated carbocycles. The van der Waals surface area contributed by atoms with Crippen molar-refractivity contribution in [2.45, 2.75) is 45.4 Å². The number of amides is 2. The lowest BCUT2D eigenvalue weighted by atomic mass is 9.80. The molecule has 29 heavy (non-hydrogen) atoms. The Morgan fingerprint density at radius 1 is 0.931 bits per heavy atom. The molecule has 4 unspecified atom stereocenters. The highest BCUT2D eigenvalue weighted by atomic mass is 35.5. The van der Waals surface area contributed by atoms with Crippen molar-refractivity contribution >= 4 is 40.6 Å². The molecule has 5 nitrogen and oxygen atoms in total. The fraction of sp³-hybridized carbons (Fsp3) is 0.522. The molecule has 0 aliphatic heterocycles. The molecule has 0 radical (unpaired) electrons. The lowest BCUT2D eigenvalue weighted by Gasteiger charge is -2.25.